The summed E-state index contributed by atoms with van der Waals surface area (Å²) in [5, 5.41) is 6.02. The number of halogens is 1. The number of rotatable bonds is 6. The van der Waals surface area contributed by atoms with Gasteiger partial charge in [-0.15, -0.1) is 0 Å². The molecular formula is C24H31BrNPSi. The van der Waals surface area contributed by atoms with E-state index < -0.39 is 16.0 Å². The van der Waals surface area contributed by atoms with Gasteiger partial charge in [-0.25, -0.2) is 0 Å². The molecule has 0 N–H and O–H groups in total. The quantitative estimate of drug-likeness (QED) is 0.362. The molecule has 2 aromatic carbocycles. The predicted octanol–water partition coefficient (Wildman–Crippen LogP) is 6.11. The van der Waals surface area contributed by atoms with Gasteiger partial charge in [0.05, 0.1) is 8.07 Å². The van der Waals surface area contributed by atoms with Gasteiger partial charge in [-0.2, -0.15) is 0 Å². The standard InChI is InChI=1S/C24H31BrNPSi/c1-18(26(2)3)23-21(17-22(24(23)25)28(4,5)6)27(19-13-9-7-10-14-19)20-15-11-8-12-16-20/h7-18,23H,1-6H3. The van der Waals surface area contributed by atoms with Crippen molar-refractivity contribution in [1.82, 2.24) is 4.90 Å². The van der Waals surface area contributed by atoms with Crippen molar-refractivity contribution in [3.63, 3.8) is 0 Å². The number of hydrogen-bond acceptors (Lipinski definition) is 1. The highest BCUT2D eigenvalue weighted by molar-refractivity contribution is 9.11. The van der Waals surface area contributed by atoms with Gasteiger partial charge in [0.25, 0.3) is 0 Å². The average Bonchev–Trinajstić information content (AvgIpc) is 3.00. The molecule has 0 radical (unpaired) electrons. The minimum atomic E-state index is -1.45. The SMILES string of the molecule is CC(C1C(P(c2ccccc2)c2ccccc2)=CC([Si](C)(C)C)=C1Br)N(C)C. The van der Waals surface area contributed by atoms with Gasteiger partial charge in [0.15, 0.2) is 0 Å². The van der Waals surface area contributed by atoms with E-state index in [4.69, 9.17) is 0 Å². The van der Waals surface area contributed by atoms with Crippen LogP contribution in [0.15, 0.2) is 81.7 Å². The van der Waals surface area contributed by atoms with Crippen LogP contribution in [0, 0.1) is 5.92 Å². The van der Waals surface area contributed by atoms with Crippen LogP contribution in [0.25, 0.3) is 0 Å². The van der Waals surface area contributed by atoms with Crippen molar-refractivity contribution in [2.24, 2.45) is 5.92 Å². The summed E-state index contributed by atoms with van der Waals surface area (Å²) in [5.41, 5.74) is 0. The molecule has 0 saturated heterocycles. The van der Waals surface area contributed by atoms with Crippen molar-refractivity contribution in [2.45, 2.75) is 32.6 Å². The molecule has 148 valence electrons. The molecule has 0 fully saturated rings. The van der Waals surface area contributed by atoms with Crippen molar-refractivity contribution in [3.05, 3.63) is 81.7 Å². The summed E-state index contributed by atoms with van der Waals surface area (Å²) < 4.78 is 1.42. The summed E-state index contributed by atoms with van der Waals surface area (Å²) in [7, 11) is 2.38. The Morgan fingerprint density at radius 1 is 0.893 bits per heavy atom. The summed E-state index contributed by atoms with van der Waals surface area (Å²) in [6.07, 6.45) is 2.56. The second-order valence-electron chi connectivity index (χ2n) is 8.77. The van der Waals surface area contributed by atoms with Gasteiger partial charge in [0, 0.05) is 16.4 Å². The van der Waals surface area contributed by atoms with Gasteiger partial charge in [-0.1, -0.05) is 102 Å². The first-order chi connectivity index (χ1) is 13.2. The van der Waals surface area contributed by atoms with Gasteiger partial charge in [-0.3, -0.25) is 0 Å². The molecule has 0 heterocycles. The molecule has 0 aliphatic heterocycles. The molecule has 1 aliphatic carbocycles. The summed E-state index contributed by atoms with van der Waals surface area (Å²) in [6, 6.07) is 22.6. The Balaban J connectivity index is 2.20. The Bertz CT molecular complexity index is 829. The zero-order valence-corrected chi connectivity index (χ0v) is 21.3. The molecule has 3 rings (SSSR count). The first kappa shape index (κ1) is 21.7. The highest BCUT2D eigenvalue weighted by atomic mass is 79.9. The lowest BCUT2D eigenvalue weighted by Crippen LogP contribution is -2.34. The fourth-order valence-electron chi connectivity index (χ4n) is 3.74. The summed E-state index contributed by atoms with van der Waals surface area (Å²) in [5.74, 6) is 0.406. The van der Waals surface area contributed by atoms with E-state index in [0.29, 0.717) is 12.0 Å². The third kappa shape index (κ3) is 4.43. The summed E-state index contributed by atoms with van der Waals surface area (Å²) in [4.78, 5) is 2.36. The Kier molecular flexibility index (Phi) is 6.82. The molecule has 2 aromatic rings. The van der Waals surface area contributed by atoms with E-state index >= 15 is 0 Å². The van der Waals surface area contributed by atoms with E-state index in [-0.39, 0.29) is 0 Å². The predicted molar refractivity (Wildman–Crippen MR) is 133 cm³/mol. The van der Waals surface area contributed by atoms with E-state index in [0.717, 1.165) is 0 Å². The molecule has 2 atom stereocenters. The first-order valence-electron chi connectivity index (χ1n) is 9.90. The maximum Gasteiger partial charge on any atom is 0.0786 e. The highest BCUT2D eigenvalue weighted by Gasteiger charge is 2.39. The third-order valence-electron chi connectivity index (χ3n) is 5.53. The summed E-state index contributed by atoms with van der Waals surface area (Å²) in [6.45, 7) is 9.71. The van der Waals surface area contributed by atoms with Crippen LogP contribution in [0.5, 0.6) is 0 Å². The van der Waals surface area contributed by atoms with Crippen molar-refractivity contribution in [3.8, 4) is 0 Å². The largest absolute Gasteiger partial charge is 0.306 e. The topological polar surface area (TPSA) is 3.24 Å². The van der Waals surface area contributed by atoms with E-state index in [1.807, 2.05) is 0 Å². The van der Waals surface area contributed by atoms with Gasteiger partial charge >= 0.3 is 0 Å². The Morgan fingerprint density at radius 2 is 1.36 bits per heavy atom. The van der Waals surface area contributed by atoms with Crippen LogP contribution in [0.2, 0.25) is 19.6 Å². The first-order valence-corrected chi connectivity index (χ1v) is 15.5. The van der Waals surface area contributed by atoms with Crippen LogP contribution in [0.4, 0.5) is 0 Å². The Hall–Kier alpha value is -0.993. The zero-order valence-electron chi connectivity index (χ0n) is 17.8. The van der Waals surface area contributed by atoms with Crippen LogP contribution in [0.3, 0.4) is 0 Å². The van der Waals surface area contributed by atoms with Gasteiger partial charge in [0.2, 0.25) is 0 Å². The molecule has 28 heavy (non-hydrogen) atoms. The molecule has 0 saturated carbocycles. The lowest BCUT2D eigenvalue weighted by Gasteiger charge is -2.33. The fraction of sp³-hybridized carbons (Fsp3) is 0.333. The van der Waals surface area contributed by atoms with Crippen LogP contribution in [0.1, 0.15) is 6.92 Å². The maximum absolute atomic E-state index is 4.08. The summed E-state index contributed by atoms with van der Waals surface area (Å²) >= 11 is 4.08. The van der Waals surface area contributed by atoms with Gasteiger partial charge in [-0.05, 0) is 50.1 Å². The molecule has 0 amide bonds. The van der Waals surface area contributed by atoms with Gasteiger partial charge < -0.3 is 4.90 Å². The molecule has 0 spiro atoms. The second-order valence-corrected chi connectivity index (χ2v) is 16.9. The fourth-order valence-corrected chi connectivity index (χ4v) is 10.7. The Morgan fingerprint density at radius 3 is 1.75 bits per heavy atom. The van der Waals surface area contributed by atoms with Crippen LogP contribution < -0.4 is 10.6 Å². The number of allylic oxidation sites excluding steroid dienone is 2. The second kappa shape index (κ2) is 8.79. The lowest BCUT2D eigenvalue weighted by molar-refractivity contribution is 0.279. The maximum atomic E-state index is 4.08. The molecule has 1 aliphatic rings. The smallest absolute Gasteiger partial charge is 0.0786 e. The molecular weight excluding hydrogens is 441 g/mol. The van der Waals surface area contributed by atoms with E-state index in [1.54, 1.807) is 10.5 Å². The van der Waals surface area contributed by atoms with Crippen molar-refractivity contribution in [2.75, 3.05) is 14.1 Å². The average molecular weight is 472 g/mol. The number of hydrogen-bond donors (Lipinski definition) is 0. The normalized spacial score (nSPS) is 18.8. The molecule has 1 nitrogen and oxygen atoms in total. The zero-order chi connectivity index (χ0) is 20.5. The van der Waals surface area contributed by atoms with E-state index in [2.05, 4.69) is 128 Å². The van der Waals surface area contributed by atoms with E-state index in [9.17, 15) is 0 Å². The molecule has 0 bridgehead atoms. The number of benzene rings is 2. The molecule has 4 heteroatoms. The van der Waals surface area contributed by atoms with Crippen molar-refractivity contribution in [1.29, 1.82) is 0 Å². The van der Waals surface area contributed by atoms with Crippen molar-refractivity contribution >= 4 is 42.5 Å². The van der Waals surface area contributed by atoms with E-state index in [1.165, 1.54) is 15.1 Å². The minimum Gasteiger partial charge on any atom is -0.306 e. The molecule has 2 unspecified atom stereocenters. The van der Waals surface area contributed by atoms with Gasteiger partial charge in [0.1, 0.15) is 0 Å². The van der Waals surface area contributed by atoms with Crippen LogP contribution >= 0.6 is 23.9 Å². The Labute approximate surface area is 181 Å². The third-order valence-corrected chi connectivity index (χ3v) is 11.4. The minimum absolute atomic E-state index is 0.406. The van der Waals surface area contributed by atoms with Crippen LogP contribution in [-0.4, -0.2) is 33.1 Å². The van der Waals surface area contributed by atoms with Crippen LogP contribution in [-0.2, 0) is 0 Å². The highest BCUT2D eigenvalue weighted by Crippen LogP contribution is 2.56. The van der Waals surface area contributed by atoms with Crippen molar-refractivity contribution < 1.29 is 0 Å². The monoisotopic (exact) mass is 471 g/mol. The molecule has 0 aromatic heterocycles. The number of nitrogens with zero attached hydrogens (tertiary/aromatic N) is 1. The lowest BCUT2D eigenvalue weighted by atomic mass is 10.0.